The summed E-state index contributed by atoms with van der Waals surface area (Å²) < 4.78 is 4.39. The van der Waals surface area contributed by atoms with Crippen LogP contribution in [0.3, 0.4) is 0 Å². The maximum absolute atomic E-state index is 12.2. The Morgan fingerprint density at radius 2 is 1.72 bits per heavy atom. The fourth-order valence-electron chi connectivity index (χ4n) is 4.18. The number of imidazole rings is 1. The van der Waals surface area contributed by atoms with Crippen molar-refractivity contribution in [3.63, 3.8) is 0 Å². The van der Waals surface area contributed by atoms with Crippen LogP contribution in [0.15, 0.2) is 15.9 Å². The molecule has 2 aromatic rings. The molecule has 0 saturated carbocycles. The Morgan fingerprint density at radius 3 is 2.22 bits per heavy atom. The van der Waals surface area contributed by atoms with E-state index in [2.05, 4.69) is 81.9 Å². The van der Waals surface area contributed by atoms with Gasteiger partial charge in [-0.15, -0.1) is 0 Å². The second kappa shape index (κ2) is 15.3. The van der Waals surface area contributed by atoms with Crippen LogP contribution in [0.25, 0.3) is 11.2 Å². The Labute approximate surface area is 222 Å². The molecule has 3 heterocycles. The first kappa shape index (κ1) is 30.3. The number of fused-ring (bicyclic) bond motifs is 1. The number of piperidine rings is 1. The van der Waals surface area contributed by atoms with Crippen LogP contribution in [0.5, 0.6) is 0 Å². The average Bonchev–Trinajstić information content (AvgIpc) is 3.16. The molecule has 0 aliphatic carbocycles. The first-order valence-electron chi connectivity index (χ1n) is 11.2. The van der Waals surface area contributed by atoms with Crippen LogP contribution in [0.1, 0.15) is 59.8 Å². The van der Waals surface area contributed by atoms with E-state index in [1.807, 2.05) is 4.57 Å². The van der Waals surface area contributed by atoms with Crippen molar-refractivity contribution in [1.82, 2.24) is 23.6 Å². The molecule has 3 rings (SSSR count). The summed E-state index contributed by atoms with van der Waals surface area (Å²) in [5.41, 5.74) is 0.344. The maximum atomic E-state index is 12.2. The predicted molar refractivity (Wildman–Crippen MR) is 147 cm³/mol. The molecule has 1 aliphatic rings. The van der Waals surface area contributed by atoms with Gasteiger partial charge in [0.2, 0.25) is 0 Å². The molecule has 10 heteroatoms. The first-order chi connectivity index (χ1) is 15.1. The van der Waals surface area contributed by atoms with Crippen LogP contribution in [0, 0.1) is 11.8 Å². The number of aryl methyl sites for hydroxylation is 2. The fraction of sp³-hybridized carbons (Fsp3) is 0.773. The number of hydrogen-bond donors (Lipinski definition) is 0. The monoisotopic (exact) mass is 786 g/mol. The number of aromatic nitrogens is 4. The molecule has 186 valence electrons. The van der Waals surface area contributed by atoms with Gasteiger partial charge in [-0.2, -0.15) is 0 Å². The number of halogens is 3. The quantitative estimate of drug-likeness (QED) is 0.435. The van der Waals surface area contributed by atoms with Crippen LogP contribution in [-0.4, -0.2) is 43.2 Å². The van der Waals surface area contributed by atoms with E-state index >= 15 is 0 Å². The van der Waals surface area contributed by atoms with Crippen molar-refractivity contribution >= 4 is 48.4 Å². The van der Waals surface area contributed by atoms with Crippen molar-refractivity contribution in [2.45, 2.75) is 72.4 Å². The summed E-state index contributed by atoms with van der Waals surface area (Å²) in [7, 11) is 5.38. The van der Waals surface area contributed by atoms with Gasteiger partial charge in [0.15, 0.2) is 11.2 Å². The molecule has 32 heavy (non-hydrogen) atoms. The molecule has 1 fully saturated rings. The van der Waals surface area contributed by atoms with Gasteiger partial charge in [-0.1, -0.05) is 34.1 Å². The molecule has 0 bridgehead atoms. The molecule has 0 amide bonds. The van der Waals surface area contributed by atoms with Crippen molar-refractivity contribution in [3.05, 3.63) is 27.2 Å². The summed E-state index contributed by atoms with van der Waals surface area (Å²) in [4.78, 5) is 30.7. The Balaban J connectivity index is 0.000000330. The van der Waals surface area contributed by atoms with Crippen LogP contribution >= 0.6 is 37.2 Å². The Morgan fingerprint density at radius 1 is 1.09 bits per heavy atom. The van der Waals surface area contributed by atoms with Crippen molar-refractivity contribution in [1.29, 1.82) is 0 Å². The van der Waals surface area contributed by atoms with Crippen molar-refractivity contribution < 1.29 is 13.3 Å². The van der Waals surface area contributed by atoms with E-state index < -0.39 is 0 Å². The fourth-order valence-corrected chi connectivity index (χ4v) is 4.18. The second-order valence-corrected chi connectivity index (χ2v) is 25.4. The van der Waals surface area contributed by atoms with E-state index in [9.17, 15) is 9.59 Å². The topological polar surface area (TPSA) is 65.1 Å². The predicted octanol–water partition coefficient (Wildman–Crippen LogP) is 1.77. The molecule has 1 unspecified atom stereocenters. The standard InChI is InChI=1S/C13H20N4O2.C9H19N.I3/c1-9(2)6-5-7-17-8-14-11-10(17)12(18)16(4)13(19)15(11)3;1-8(2)9-6-4-5-7-10(9)3;1-3-2/h8-9H,5-7H2,1-4H3;8-9H,4-7H2,1-3H3;/q;;-1. The zero-order valence-corrected chi connectivity index (χ0v) is 26.9. The van der Waals surface area contributed by atoms with E-state index in [-0.39, 0.29) is 11.2 Å². The normalized spacial score (nSPS) is 16.8. The number of rotatable bonds is 5. The molecular formula is C22H39I3N5O2-. The van der Waals surface area contributed by atoms with E-state index in [1.165, 1.54) is 37.4 Å². The summed E-state index contributed by atoms with van der Waals surface area (Å²) in [5.74, 6) is 1.48. The third-order valence-electron chi connectivity index (χ3n) is 5.99. The van der Waals surface area contributed by atoms with Crippen LogP contribution in [-0.2, 0) is 20.6 Å². The SMILES string of the molecule is CC(C)C1CCCCN1C.CC(C)CCCn1cnc2c1c(=O)n(C)c(=O)n2C.I[I-]I. The average molecular weight is 786 g/mol. The second-order valence-electron chi connectivity index (χ2n) is 9.19. The van der Waals surface area contributed by atoms with Gasteiger partial charge >= 0.3 is 56.2 Å². The van der Waals surface area contributed by atoms with Gasteiger partial charge < -0.3 is 9.47 Å². The van der Waals surface area contributed by atoms with Gasteiger partial charge in [0.05, 0.1) is 6.33 Å². The van der Waals surface area contributed by atoms with Crippen molar-refractivity contribution in [2.24, 2.45) is 25.9 Å². The van der Waals surface area contributed by atoms with E-state index in [0.717, 1.165) is 35.9 Å². The first-order valence-corrected chi connectivity index (χ1v) is 23.8. The molecule has 0 spiro atoms. The number of nitrogens with zero attached hydrogens (tertiary/aromatic N) is 5. The third-order valence-corrected chi connectivity index (χ3v) is 5.99. The summed E-state index contributed by atoms with van der Waals surface area (Å²) in [6.07, 6.45) is 7.99. The van der Waals surface area contributed by atoms with Crippen molar-refractivity contribution in [2.75, 3.05) is 13.6 Å². The summed E-state index contributed by atoms with van der Waals surface area (Å²) >= 11 is 5.30. The minimum atomic E-state index is -0.343. The minimum absolute atomic E-state index is 0.278. The molecule has 1 saturated heterocycles. The van der Waals surface area contributed by atoms with E-state index in [0.29, 0.717) is 30.3 Å². The molecule has 1 atom stereocenters. The molecule has 0 N–H and O–H groups in total. The van der Waals surface area contributed by atoms with Crippen LogP contribution in [0.4, 0.5) is 0 Å². The Hall–Kier alpha value is 0.300. The van der Waals surface area contributed by atoms with Gasteiger partial charge in [-0.05, 0) is 51.1 Å². The number of hydrogen-bond acceptors (Lipinski definition) is 4. The van der Waals surface area contributed by atoms with Crippen LogP contribution < -0.4 is 24.5 Å². The molecule has 0 aromatic carbocycles. The van der Waals surface area contributed by atoms with Gasteiger partial charge in [0.1, 0.15) is 0 Å². The summed E-state index contributed by atoms with van der Waals surface area (Å²) in [5, 5.41) is 0. The van der Waals surface area contributed by atoms with Crippen molar-refractivity contribution in [3.8, 4) is 0 Å². The van der Waals surface area contributed by atoms with Gasteiger partial charge in [-0.3, -0.25) is 13.9 Å². The number of likely N-dealkylation sites (tertiary alicyclic amines) is 1. The molecular weight excluding hydrogens is 747 g/mol. The Kier molecular flexibility index (Phi) is 14.5. The van der Waals surface area contributed by atoms with Crippen LogP contribution in [0.2, 0.25) is 0 Å². The zero-order chi connectivity index (χ0) is 24.4. The molecule has 1 aliphatic heterocycles. The summed E-state index contributed by atoms with van der Waals surface area (Å²) in [6.45, 7) is 11.1. The summed E-state index contributed by atoms with van der Waals surface area (Å²) in [6, 6.07) is 0.855. The zero-order valence-electron chi connectivity index (χ0n) is 20.4. The Bertz CT molecular complexity index is 936. The van der Waals surface area contributed by atoms with E-state index in [1.54, 1.807) is 13.4 Å². The molecule has 0 radical (unpaired) electrons. The van der Waals surface area contributed by atoms with Gasteiger partial charge in [0, 0.05) is 26.7 Å². The molecule has 2 aromatic heterocycles. The van der Waals surface area contributed by atoms with E-state index in [4.69, 9.17) is 0 Å². The van der Waals surface area contributed by atoms with Gasteiger partial charge in [0.25, 0.3) is 5.56 Å². The molecule has 7 nitrogen and oxygen atoms in total. The third kappa shape index (κ3) is 8.82. The van der Waals surface area contributed by atoms with Gasteiger partial charge in [-0.25, -0.2) is 9.78 Å².